The summed E-state index contributed by atoms with van der Waals surface area (Å²) >= 11 is 0. The van der Waals surface area contributed by atoms with Gasteiger partial charge in [-0.1, -0.05) is 38.8 Å². The Balaban J connectivity index is 2.00. The molecule has 0 aliphatic carbocycles. The van der Waals surface area contributed by atoms with Gasteiger partial charge >= 0.3 is 0 Å². The van der Waals surface area contributed by atoms with Gasteiger partial charge in [-0.25, -0.2) is 9.97 Å². The lowest BCUT2D eigenvalue weighted by molar-refractivity contribution is 0.262. The first kappa shape index (κ1) is 24.5. The zero-order valence-corrected chi connectivity index (χ0v) is 20.6. The Labute approximate surface area is 213 Å². The molecule has 0 saturated heterocycles. The quantitative estimate of drug-likeness (QED) is 0.262. The zero-order valence-electron chi connectivity index (χ0n) is 20.6. The molecule has 176 valence electrons. The summed E-state index contributed by atoms with van der Waals surface area (Å²) in [4.78, 5) is 8.84. The van der Waals surface area contributed by atoms with E-state index in [9.17, 15) is 0 Å². The average molecular weight is 471 g/mol. The Bertz CT molecular complexity index is 1320. The SMILES string of the molecule is CCCCOc1cc2c#cc3ncccc3c#cc#cc3cccnc3c#cc2cc1OCCCC. The molecule has 36 heavy (non-hydrogen) atoms. The van der Waals surface area contributed by atoms with Crippen molar-refractivity contribution >= 4 is 32.6 Å². The Kier molecular flexibility index (Phi) is 8.65. The third-order valence-electron chi connectivity index (χ3n) is 5.30. The number of pyridine rings is 2. The van der Waals surface area contributed by atoms with Crippen molar-refractivity contribution in [3.05, 3.63) is 97.3 Å². The van der Waals surface area contributed by atoms with E-state index < -0.39 is 0 Å². The highest BCUT2D eigenvalue weighted by atomic mass is 16.5. The topological polar surface area (TPSA) is 44.2 Å². The van der Waals surface area contributed by atoms with Gasteiger partial charge in [-0.15, -0.1) is 0 Å². The molecular formula is C32H26N2O2. The average Bonchev–Trinajstić information content (AvgIpc) is 2.90. The van der Waals surface area contributed by atoms with Crippen LogP contribution in [0.4, 0.5) is 0 Å². The highest BCUT2D eigenvalue weighted by Gasteiger charge is 2.08. The normalized spacial score (nSPS) is 9.72. The van der Waals surface area contributed by atoms with Crippen molar-refractivity contribution in [2.45, 2.75) is 39.5 Å². The predicted octanol–water partition coefficient (Wildman–Crippen LogP) is 6.94. The fourth-order valence-corrected chi connectivity index (χ4v) is 3.31. The maximum absolute atomic E-state index is 6.10. The molecule has 2 heterocycles. The van der Waals surface area contributed by atoms with E-state index in [1.807, 2.05) is 36.4 Å². The molecule has 0 aliphatic rings. The lowest BCUT2D eigenvalue weighted by Crippen LogP contribution is -2.02. The molecule has 4 nitrogen and oxygen atoms in total. The van der Waals surface area contributed by atoms with Gasteiger partial charge in [-0.05, 0) is 73.5 Å². The Morgan fingerprint density at radius 1 is 0.611 bits per heavy atom. The summed E-state index contributed by atoms with van der Waals surface area (Å²) in [6, 6.07) is 36.0. The Morgan fingerprint density at radius 3 is 1.53 bits per heavy atom. The molecule has 0 unspecified atom stereocenters. The van der Waals surface area contributed by atoms with Crippen molar-refractivity contribution in [2.24, 2.45) is 0 Å². The molecule has 0 radical (unpaired) electrons. The molecule has 0 amide bonds. The fraction of sp³-hybridized carbons (Fsp3) is 0.250. The highest BCUT2D eigenvalue weighted by molar-refractivity contribution is 5.84. The van der Waals surface area contributed by atoms with Crippen molar-refractivity contribution in [2.75, 3.05) is 13.2 Å². The van der Waals surface area contributed by atoms with Gasteiger partial charge in [0.2, 0.25) is 0 Å². The van der Waals surface area contributed by atoms with Crippen LogP contribution >= 0.6 is 0 Å². The number of benzene rings is 1. The zero-order chi connectivity index (χ0) is 25.0. The van der Waals surface area contributed by atoms with Gasteiger partial charge < -0.3 is 9.47 Å². The number of nitrogens with zero attached hydrogens (tertiary/aromatic N) is 2. The van der Waals surface area contributed by atoms with Crippen LogP contribution in [0.25, 0.3) is 32.6 Å². The standard InChI is InChI=1S/C32H26N2O2/c1-3-5-21-35-31-23-27-15-17-29-25(13-9-19-33-29)11-7-8-12-26-14-10-20-34-30(26)18-16-28(27)24-32(31)36-22-6-4-2/h9-10,13-14,19-20,23-24H,3-6,21-22H2,1-2H3. The van der Waals surface area contributed by atoms with Gasteiger partial charge in [0.1, 0.15) is 11.0 Å². The van der Waals surface area contributed by atoms with Crippen molar-refractivity contribution in [3.8, 4) is 11.5 Å². The maximum atomic E-state index is 6.10. The third-order valence-corrected chi connectivity index (χ3v) is 5.30. The minimum Gasteiger partial charge on any atom is -0.490 e. The lowest BCUT2D eigenvalue weighted by Gasteiger charge is -2.12. The summed E-state index contributed by atoms with van der Waals surface area (Å²) in [5.41, 5.74) is 1.17. The van der Waals surface area contributed by atoms with Gasteiger partial charge in [0, 0.05) is 35.3 Å². The van der Waals surface area contributed by atoms with Crippen LogP contribution in [-0.2, 0) is 0 Å². The number of rotatable bonds is 8. The van der Waals surface area contributed by atoms with E-state index in [2.05, 4.69) is 72.3 Å². The molecular weight excluding hydrogens is 444 g/mol. The highest BCUT2D eigenvalue weighted by Crippen LogP contribution is 2.31. The number of hydrogen-bond donors (Lipinski definition) is 0. The largest absolute Gasteiger partial charge is 0.490 e. The van der Waals surface area contributed by atoms with Crippen LogP contribution in [-0.4, -0.2) is 23.2 Å². The Hall–Kier alpha value is -4.64. The van der Waals surface area contributed by atoms with Crippen molar-refractivity contribution in [3.63, 3.8) is 0 Å². The second-order valence-electron chi connectivity index (χ2n) is 8.05. The van der Waals surface area contributed by atoms with Crippen LogP contribution in [0, 0.1) is 48.5 Å². The second kappa shape index (κ2) is 12.7. The van der Waals surface area contributed by atoms with Gasteiger partial charge in [0.15, 0.2) is 11.5 Å². The smallest absolute Gasteiger partial charge is 0.162 e. The number of hydrogen-bond acceptors (Lipinski definition) is 4. The molecule has 0 N–H and O–H groups in total. The van der Waals surface area contributed by atoms with Gasteiger partial charge in [-0.3, -0.25) is 0 Å². The van der Waals surface area contributed by atoms with Crippen LogP contribution in [0.15, 0.2) is 48.8 Å². The first-order chi connectivity index (χ1) is 17.8. The summed E-state index contributed by atoms with van der Waals surface area (Å²) in [5.74, 6) is 1.34. The van der Waals surface area contributed by atoms with Crippen molar-refractivity contribution in [1.29, 1.82) is 0 Å². The van der Waals surface area contributed by atoms with Gasteiger partial charge in [0.05, 0.1) is 24.0 Å². The molecule has 2 aromatic carbocycles. The van der Waals surface area contributed by atoms with Crippen LogP contribution in [0.2, 0.25) is 0 Å². The Morgan fingerprint density at radius 2 is 1.08 bits per heavy atom. The number of unbranched alkanes of at least 4 members (excludes halogenated alkanes) is 2. The van der Waals surface area contributed by atoms with Crippen LogP contribution < -0.4 is 9.47 Å². The molecule has 4 heteroatoms. The van der Waals surface area contributed by atoms with Crippen LogP contribution in [0.5, 0.6) is 11.5 Å². The predicted molar refractivity (Wildman–Crippen MR) is 141 cm³/mol. The van der Waals surface area contributed by atoms with Gasteiger partial charge in [-0.2, -0.15) is 0 Å². The van der Waals surface area contributed by atoms with Gasteiger partial charge in [0.25, 0.3) is 0 Å². The van der Waals surface area contributed by atoms with E-state index in [1.54, 1.807) is 12.4 Å². The number of aromatic nitrogens is 2. The van der Waals surface area contributed by atoms with E-state index >= 15 is 0 Å². The summed E-state index contributed by atoms with van der Waals surface area (Å²) < 4.78 is 12.2. The van der Waals surface area contributed by atoms with E-state index in [0.717, 1.165) is 36.5 Å². The van der Waals surface area contributed by atoms with Crippen LogP contribution in [0.3, 0.4) is 0 Å². The number of fused-ring (bicyclic) bond motifs is 3. The first-order valence-electron chi connectivity index (χ1n) is 12.2. The minimum atomic E-state index is 0.585. The van der Waals surface area contributed by atoms with Crippen molar-refractivity contribution < 1.29 is 9.47 Å². The fourth-order valence-electron chi connectivity index (χ4n) is 3.31. The summed E-state index contributed by atoms with van der Waals surface area (Å²) in [6.45, 7) is 5.48. The minimum absolute atomic E-state index is 0.585. The summed E-state index contributed by atoms with van der Waals surface area (Å²) in [5, 5.41) is 2.88. The molecule has 4 rings (SSSR count). The molecule has 0 saturated carbocycles. The number of ether oxygens (including phenoxy) is 2. The second-order valence-corrected chi connectivity index (χ2v) is 8.05. The molecule has 0 atom stereocenters. The summed E-state index contributed by atoms with van der Waals surface area (Å²) in [6.07, 6.45) is 7.40. The monoisotopic (exact) mass is 470 g/mol. The van der Waals surface area contributed by atoms with E-state index in [0.29, 0.717) is 46.5 Å². The third kappa shape index (κ3) is 6.48. The van der Waals surface area contributed by atoms with E-state index in [-0.39, 0.29) is 0 Å². The van der Waals surface area contributed by atoms with Crippen molar-refractivity contribution in [1.82, 2.24) is 9.97 Å². The molecule has 0 aliphatic heterocycles. The molecule has 0 bridgehead atoms. The van der Waals surface area contributed by atoms with Crippen LogP contribution in [0.1, 0.15) is 39.5 Å². The molecule has 0 fully saturated rings. The lowest BCUT2D eigenvalue weighted by atomic mass is 10.1. The molecule has 0 spiro atoms. The molecule has 4 aromatic rings. The maximum Gasteiger partial charge on any atom is 0.162 e. The summed E-state index contributed by atoms with van der Waals surface area (Å²) in [7, 11) is 0. The van der Waals surface area contributed by atoms with E-state index in [4.69, 9.17) is 9.47 Å². The molecule has 2 aromatic heterocycles. The first-order valence-corrected chi connectivity index (χ1v) is 12.2. The van der Waals surface area contributed by atoms with E-state index in [1.165, 1.54) is 0 Å².